The first kappa shape index (κ1) is 17.6. The maximum Gasteiger partial charge on any atom is 0.209 e. The fraction of sp³-hybridized carbons (Fsp3) is 0.692. The van der Waals surface area contributed by atoms with E-state index in [2.05, 4.69) is 34.4 Å². The van der Waals surface area contributed by atoms with E-state index in [0.29, 0.717) is 13.0 Å². The molecule has 0 unspecified atom stereocenters. The molecular formula is C13H25N5O2S. The van der Waals surface area contributed by atoms with Crippen molar-refractivity contribution >= 4 is 21.7 Å². The Balaban J connectivity index is 2.71. The minimum absolute atomic E-state index is 0.0326. The third kappa shape index (κ3) is 6.72. The summed E-state index contributed by atoms with van der Waals surface area (Å²) in [7, 11) is -3.40. The lowest BCUT2D eigenvalue weighted by molar-refractivity contribution is 0.595. The van der Waals surface area contributed by atoms with Crippen LogP contribution in [0.3, 0.4) is 0 Å². The Labute approximate surface area is 126 Å². The largest absolute Gasteiger partial charge is 0.370 e. The van der Waals surface area contributed by atoms with Gasteiger partial charge in [-0.2, -0.15) is 0 Å². The number of nitrogens with two attached hydrogens (primary N) is 1. The normalized spacial score (nSPS) is 11.4. The van der Waals surface area contributed by atoms with Crippen LogP contribution in [0.25, 0.3) is 0 Å². The molecule has 1 heterocycles. The van der Waals surface area contributed by atoms with E-state index in [0.717, 1.165) is 43.0 Å². The molecule has 1 aromatic rings. The van der Waals surface area contributed by atoms with Gasteiger partial charge in [-0.15, -0.1) is 0 Å². The summed E-state index contributed by atoms with van der Waals surface area (Å²) in [4.78, 5) is 8.54. The lowest BCUT2D eigenvalue weighted by Gasteiger charge is -2.14. The Morgan fingerprint density at radius 2 is 1.71 bits per heavy atom. The molecule has 0 aliphatic rings. The van der Waals surface area contributed by atoms with E-state index in [-0.39, 0.29) is 5.75 Å². The first-order chi connectivity index (χ1) is 9.98. The highest BCUT2D eigenvalue weighted by Crippen LogP contribution is 2.21. The first-order valence-electron chi connectivity index (χ1n) is 7.30. The molecule has 0 fully saturated rings. The summed E-state index contributed by atoms with van der Waals surface area (Å²) >= 11 is 0. The first-order valence-corrected chi connectivity index (χ1v) is 9.01. The molecule has 0 bridgehead atoms. The van der Waals surface area contributed by atoms with Gasteiger partial charge in [-0.25, -0.2) is 23.5 Å². The van der Waals surface area contributed by atoms with Crippen LogP contribution in [0.5, 0.6) is 0 Å². The van der Waals surface area contributed by atoms with Gasteiger partial charge in [0.2, 0.25) is 10.0 Å². The predicted molar refractivity (Wildman–Crippen MR) is 85.9 cm³/mol. The SMILES string of the molecule is CCCNc1ncnc(NCCCS(N)(=O)=O)c1CCC. The van der Waals surface area contributed by atoms with E-state index in [1.807, 2.05) is 0 Å². The van der Waals surface area contributed by atoms with Crippen molar-refractivity contribution in [2.24, 2.45) is 5.14 Å². The average molecular weight is 315 g/mol. The molecule has 21 heavy (non-hydrogen) atoms. The van der Waals surface area contributed by atoms with Crippen molar-refractivity contribution < 1.29 is 8.42 Å². The molecule has 4 N–H and O–H groups in total. The molecule has 0 saturated heterocycles. The molecular weight excluding hydrogens is 290 g/mol. The van der Waals surface area contributed by atoms with Gasteiger partial charge in [0, 0.05) is 18.7 Å². The van der Waals surface area contributed by atoms with Crippen LogP contribution in [0.4, 0.5) is 11.6 Å². The monoisotopic (exact) mass is 315 g/mol. The van der Waals surface area contributed by atoms with E-state index < -0.39 is 10.0 Å². The number of rotatable bonds is 10. The Kier molecular flexibility index (Phi) is 7.38. The van der Waals surface area contributed by atoms with E-state index in [1.54, 1.807) is 0 Å². The molecule has 120 valence electrons. The molecule has 1 rings (SSSR count). The van der Waals surface area contributed by atoms with Crippen molar-refractivity contribution in [2.75, 3.05) is 29.5 Å². The molecule has 0 atom stereocenters. The number of hydrogen-bond acceptors (Lipinski definition) is 6. The maximum atomic E-state index is 10.9. The van der Waals surface area contributed by atoms with Crippen LogP contribution in [0.15, 0.2) is 6.33 Å². The van der Waals surface area contributed by atoms with Crippen molar-refractivity contribution in [3.63, 3.8) is 0 Å². The number of anilines is 2. The lowest BCUT2D eigenvalue weighted by Crippen LogP contribution is -2.19. The highest BCUT2D eigenvalue weighted by atomic mass is 32.2. The number of nitrogens with one attached hydrogen (secondary N) is 2. The van der Waals surface area contributed by atoms with Crippen LogP contribution < -0.4 is 15.8 Å². The molecule has 0 radical (unpaired) electrons. The lowest BCUT2D eigenvalue weighted by atomic mass is 10.1. The summed E-state index contributed by atoms with van der Waals surface area (Å²) in [5.41, 5.74) is 1.05. The maximum absolute atomic E-state index is 10.9. The van der Waals surface area contributed by atoms with Gasteiger partial charge in [0.05, 0.1) is 5.75 Å². The van der Waals surface area contributed by atoms with E-state index >= 15 is 0 Å². The molecule has 0 aromatic carbocycles. The fourth-order valence-electron chi connectivity index (χ4n) is 1.93. The van der Waals surface area contributed by atoms with Gasteiger partial charge in [-0.3, -0.25) is 0 Å². The molecule has 0 aliphatic heterocycles. The predicted octanol–water partition coefficient (Wildman–Crippen LogP) is 1.34. The molecule has 8 heteroatoms. The van der Waals surface area contributed by atoms with Gasteiger partial charge in [0.25, 0.3) is 0 Å². The summed E-state index contributed by atoms with van der Waals surface area (Å²) in [6, 6.07) is 0. The number of hydrogen-bond donors (Lipinski definition) is 3. The summed E-state index contributed by atoms with van der Waals surface area (Å²) in [5, 5.41) is 11.5. The van der Waals surface area contributed by atoms with E-state index in [1.165, 1.54) is 6.33 Å². The summed E-state index contributed by atoms with van der Waals surface area (Å²) in [6.45, 7) is 5.57. The average Bonchev–Trinajstić information content (AvgIpc) is 2.42. The summed E-state index contributed by atoms with van der Waals surface area (Å²) < 4.78 is 21.8. The Morgan fingerprint density at radius 1 is 1.10 bits per heavy atom. The summed E-state index contributed by atoms with van der Waals surface area (Å²) in [6.07, 6.45) is 4.84. The highest BCUT2D eigenvalue weighted by Gasteiger charge is 2.10. The Hall–Kier alpha value is -1.41. The Bertz CT molecular complexity index is 533. The van der Waals surface area contributed by atoms with Gasteiger partial charge in [-0.1, -0.05) is 20.3 Å². The number of sulfonamides is 1. The van der Waals surface area contributed by atoms with Crippen molar-refractivity contribution in [1.29, 1.82) is 0 Å². The number of nitrogens with zero attached hydrogens (tertiary/aromatic N) is 2. The van der Waals surface area contributed by atoms with Crippen LogP contribution >= 0.6 is 0 Å². The molecule has 0 saturated carbocycles. The second kappa shape index (κ2) is 8.78. The van der Waals surface area contributed by atoms with E-state index in [4.69, 9.17) is 5.14 Å². The van der Waals surface area contributed by atoms with Crippen LogP contribution in [-0.4, -0.2) is 37.2 Å². The van der Waals surface area contributed by atoms with Gasteiger partial charge < -0.3 is 10.6 Å². The van der Waals surface area contributed by atoms with E-state index in [9.17, 15) is 8.42 Å². The quantitative estimate of drug-likeness (QED) is 0.562. The molecule has 1 aromatic heterocycles. The van der Waals surface area contributed by atoms with Crippen molar-refractivity contribution in [2.45, 2.75) is 39.5 Å². The van der Waals surface area contributed by atoms with Gasteiger partial charge in [0.15, 0.2) is 0 Å². The Morgan fingerprint density at radius 3 is 2.24 bits per heavy atom. The van der Waals surface area contributed by atoms with Gasteiger partial charge >= 0.3 is 0 Å². The topological polar surface area (TPSA) is 110 Å². The second-order valence-corrected chi connectivity index (χ2v) is 6.61. The number of aromatic nitrogens is 2. The van der Waals surface area contributed by atoms with Crippen LogP contribution in [0.1, 0.15) is 38.7 Å². The van der Waals surface area contributed by atoms with Crippen LogP contribution in [-0.2, 0) is 16.4 Å². The number of primary sulfonamides is 1. The molecule has 0 aliphatic carbocycles. The molecule has 0 spiro atoms. The van der Waals surface area contributed by atoms with Crippen LogP contribution in [0, 0.1) is 0 Å². The van der Waals surface area contributed by atoms with Crippen molar-refractivity contribution in [1.82, 2.24) is 9.97 Å². The zero-order chi connectivity index (χ0) is 15.7. The zero-order valence-corrected chi connectivity index (χ0v) is 13.5. The standard InChI is InChI=1S/C13H25N5O2S/c1-3-6-11-12(15-7-4-2)17-10-18-13(11)16-8-5-9-21(14,19)20/h10H,3-9H2,1-2H3,(H2,14,19,20)(H2,15,16,17,18). The summed E-state index contributed by atoms with van der Waals surface area (Å²) in [5.74, 6) is 1.58. The minimum atomic E-state index is -3.40. The zero-order valence-electron chi connectivity index (χ0n) is 12.7. The second-order valence-electron chi connectivity index (χ2n) is 4.87. The van der Waals surface area contributed by atoms with Gasteiger partial charge in [0.1, 0.15) is 18.0 Å². The van der Waals surface area contributed by atoms with Crippen molar-refractivity contribution in [3.8, 4) is 0 Å². The fourth-order valence-corrected chi connectivity index (χ4v) is 2.47. The van der Waals surface area contributed by atoms with Crippen LogP contribution in [0.2, 0.25) is 0 Å². The molecule has 0 amide bonds. The van der Waals surface area contributed by atoms with Gasteiger partial charge in [-0.05, 0) is 19.3 Å². The minimum Gasteiger partial charge on any atom is -0.370 e. The third-order valence-corrected chi connectivity index (χ3v) is 3.74. The third-order valence-electron chi connectivity index (χ3n) is 2.89. The van der Waals surface area contributed by atoms with Crippen molar-refractivity contribution in [3.05, 3.63) is 11.9 Å². The highest BCUT2D eigenvalue weighted by molar-refractivity contribution is 7.89. The smallest absolute Gasteiger partial charge is 0.209 e. The molecule has 7 nitrogen and oxygen atoms in total.